The van der Waals surface area contributed by atoms with Crippen LogP contribution in [0, 0.1) is 0 Å². The normalized spacial score (nSPS) is 13.9. The van der Waals surface area contributed by atoms with E-state index in [9.17, 15) is 31.5 Å². The molecule has 39 heavy (non-hydrogen) atoms. The van der Waals surface area contributed by atoms with E-state index in [-0.39, 0.29) is 40.0 Å². The summed E-state index contributed by atoms with van der Waals surface area (Å²) in [7, 11) is 0. The van der Waals surface area contributed by atoms with E-state index in [1.165, 1.54) is 4.57 Å². The maximum atomic E-state index is 13.5. The van der Waals surface area contributed by atoms with Crippen LogP contribution in [0.1, 0.15) is 18.2 Å². The van der Waals surface area contributed by atoms with Gasteiger partial charge in [-0.1, -0.05) is 18.5 Å². The van der Waals surface area contributed by atoms with Crippen molar-refractivity contribution in [2.24, 2.45) is 0 Å². The molecule has 16 heteroatoms. The lowest BCUT2D eigenvalue weighted by Gasteiger charge is -2.31. The average molecular weight is 597 g/mol. The van der Waals surface area contributed by atoms with Crippen molar-refractivity contribution in [2.45, 2.75) is 32.7 Å². The van der Waals surface area contributed by atoms with Gasteiger partial charge in [0.25, 0.3) is 0 Å². The molecule has 212 valence electrons. The first-order valence-electron chi connectivity index (χ1n) is 11.5. The van der Waals surface area contributed by atoms with Crippen molar-refractivity contribution in [2.75, 3.05) is 36.4 Å². The highest BCUT2D eigenvalue weighted by Crippen LogP contribution is 2.34. The molecular formula is C23H23Cl2F5N6O3. The Morgan fingerprint density at radius 1 is 1.26 bits per heavy atom. The second-order valence-corrected chi connectivity index (χ2v) is 8.71. The number of fused-ring (bicyclic) bond motifs is 1. The summed E-state index contributed by atoms with van der Waals surface area (Å²) in [5.74, 6) is -1.24. The smallest absolute Gasteiger partial charge is 0.415 e. The zero-order chi connectivity index (χ0) is 27.6. The van der Waals surface area contributed by atoms with Gasteiger partial charge in [0.05, 0.1) is 22.5 Å². The van der Waals surface area contributed by atoms with Gasteiger partial charge in [-0.05, 0) is 24.6 Å². The summed E-state index contributed by atoms with van der Waals surface area (Å²) in [6.07, 6.45) is -3.39. The van der Waals surface area contributed by atoms with E-state index in [4.69, 9.17) is 11.6 Å². The maximum absolute atomic E-state index is 13.5. The topological polar surface area (TPSA) is 101 Å². The highest BCUT2D eigenvalue weighted by atomic mass is 35.5. The highest BCUT2D eigenvalue weighted by Gasteiger charge is 2.31. The lowest BCUT2D eigenvalue weighted by molar-refractivity contribution is -0.137. The molecule has 3 aromatic rings. The van der Waals surface area contributed by atoms with Crippen LogP contribution in [0.5, 0.6) is 5.88 Å². The quantitative estimate of drug-likeness (QED) is 0.396. The Balaban J connectivity index is 0.00000420. The number of rotatable bonds is 7. The largest absolute Gasteiger partial charge is 0.416 e. The lowest BCUT2D eigenvalue weighted by atomic mass is 10.1. The van der Waals surface area contributed by atoms with E-state index < -0.39 is 42.1 Å². The third-order valence-electron chi connectivity index (χ3n) is 5.87. The molecule has 1 aliphatic rings. The third kappa shape index (κ3) is 6.68. The molecule has 0 spiro atoms. The molecule has 1 fully saturated rings. The first kappa shape index (κ1) is 30.3. The van der Waals surface area contributed by atoms with Gasteiger partial charge in [-0.2, -0.15) is 22.0 Å². The second kappa shape index (κ2) is 12.3. The number of nitrogens with one attached hydrogen (secondary N) is 2. The monoisotopic (exact) mass is 596 g/mol. The molecule has 0 unspecified atom stereocenters. The Kier molecular flexibility index (Phi) is 9.56. The Hall–Kier alpha value is -3.23. The highest BCUT2D eigenvalue weighted by molar-refractivity contribution is 6.33. The number of halogens is 7. The Labute approximate surface area is 229 Å². The number of nitrogens with zero attached hydrogens (tertiary/aromatic N) is 4. The molecule has 0 aliphatic carbocycles. The van der Waals surface area contributed by atoms with Crippen molar-refractivity contribution in [3.05, 3.63) is 50.9 Å². The van der Waals surface area contributed by atoms with Crippen molar-refractivity contribution < 1.29 is 31.5 Å². The molecule has 0 bridgehead atoms. The molecule has 2 aromatic heterocycles. The Morgan fingerprint density at radius 3 is 2.54 bits per heavy atom. The van der Waals surface area contributed by atoms with Gasteiger partial charge in [0.1, 0.15) is 12.2 Å². The summed E-state index contributed by atoms with van der Waals surface area (Å²) in [6, 6.07) is 2.52. The van der Waals surface area contributed by atoms with E-state index >= 15 is 0 Å². The maximum Gasteiger partial charge on any atom is 0.416 e. The van der Waals surface area contributed by atoms with Gasteiger partial charge in [-0.15, -0.1) is 12.4 Å². The zero-order valence-electron chi connectivity index (χ0n) is 20.3. The molecule has 3 heterocycles. The number of hydrogen-bond acceptors (Lipinski definition) is 7. The number of alkyl halides is 5. The Morgan fingerprint density at radius 2 is 1.95 bits per heavy atom. The summed E-state index contributed by atoms with van der Waals surface area (Å²) in [6.45, 7) is 0.297. The van der Waals surface area contributed by atoms with Crippen LogP contribution in [0.2, 0.25) is 5.02 Å². The van der Waals surface area contributed by atoms with E-state index in [2.05, 4.69) is 25.3 Å². The summed E-state index contributed by atoms with van der Waals surface area (Å²) in [5, 5.41) is 5.33. The van der Waals surface area contributed by atoms with Gasteiger partial charge in [-0.3, -0.25) is 9.59 Å². The number of carbonyl (C=O) groups excluding carboxylic acids is 1. The SMILES string of the molecule is CCc1c(N2CCNCC2)c(=O)c2nc(OC(F)F)cnc2n1CC(=O)Nc1ccc(C(F)(F)F)cc1Cl.Cl. The molecule has 9 nitrogen and oxygen atoms in total. The fourth-order valence-corrected chi connectivity index (χ4v) is 4.46. The standard InChI is InChI=1S/C23H22ClF5N6O3.ClH/c1-2-15-19(34-7-5-30-6-8-34)20(37)18-21(31-10-17(33-18)38-22(25)26)35(15)11-16(36)32-14-4-3-12(9-13(14)24)23(27,28)29;/h3-4,9-10,22,30H,2,5-8,11H2,1H3,(H,32,36);1H. The fraction of sp³-hybridized carbons (Fsp3) is 0.391. The van der Waals surface area contributed by atoms with E-state index in [1.807, 2.05) is 4.90 Å². The zero-order valence-corrected chi connectivity index (χ0v) is 21.9. The minimum Gasteiger partial charge on any atom is -0.415 e. The van der Waals surface area contributed by atoms with Gasteiger partial charge in [0.2, 0.25) is 17.2 Å². The van der Waals surface area contributed by atoms with Crippen LogP contribution in [0.3, 0.4) is 0 Å². The number of ether oxygens (including phenoxy) is 1. The summed E-state index contributed by atoms with van der Waals surface area (Å²) >= 11 is 5.97. The number of anilines is 2. The third-order valence-corrected chi connectivity index (χ3v) is 6.18. The van der Waals surface area contributed by atoms with Gasteiger partial charge in [0.15, 0.2) is 11.2 Å². The van der Waals surface area contributed by atoms with Crippen molar-refractivity contribution in [1.29, 1.82) is 0 Å². The van der Waals surface area contributed by atoms with Gasteiger partial charge in [0, 0.05) is 31.9 Å². The van der Waals surface area contributed by atoms with E-state index in [0.717, 1.165) is 18.3 Å². The molecule has 1 saturated heterocycles. The number of aromatic nitrogens is 3. The van der Waals surface area contributed by atoms with Crippen LogP contribution >= 0.6 is 24.0 Å². The molecule has 1 aliphatic heterocycles. The molecule has 1 amide bonds. The van der Waals surface area contributed by atoms with Gasteiger partial charge in [-0.25, -0.2) is 9.97 Å². The number of pyridine rings is 1. The summed E-state index contributed by atoms with van der Waals surface area (Å²) < 4.78 is 70.2. The van der Waals surface area contributed by atoms with Gasteiger partial charge >= 0.3 is 12.8 Å². The fourth-order valence-electron chi connectivity index (χ4n) is 4.23. The van der Waals surface area contributed by atoms with Crippen molar-refractivity contribution in [1.82, 2.24) is 19.9 Å². The number of hydrogen-bond donors (Lipinski definition) is 2. The summed E-state index contributed by atoms with van der Waals surface area (Å²) in [5.41, 5.74) is -1.17. The van der Waals surface area contributed by atoms with Crippen molar-refractivity contribution >= 4 is 52.5 Å². The van der Waals surface area contributed by atoms with Crippen LogP contribution in [-0.2, 0) is 23.9 Å². The molecule has 0 atom stereocenters. The number of carbonyl (C=O) groups is 1. The first-order valence-corrected chi connectivity index (χ1v) is 11.9. The lowest BCUT2D eigenvalue weighted by Crippen LogP contribution is -2.46. The van der Waals surface area contributed by atoms with E-state index in [1.54, 1.807) is 6.92 Å². The number of benzene rings is 1. The number of piperazine rings is 1. The second-order valence-electron chi connectivity index (χ2n) is 8.30. The van der Waals surface area contributed by atoms with Gasteiger partial charge < -0.3 is 24.8 Å². The molecule has 2 N–H and O–H groups in total. The van der Waals surface area contributed by atoms with Crippen LogP contribution in [-0.4, -0.2) is 53.2 Å². The van der Waals surface area contributed by atoms with Crippen LogP contribution in [0.25, 0.3) is 11.2 Å². The predicted octanol–water partition coefficient (Wildman–Crippen LogP) is 4.10. The van der Waals surface area contributed by atoms with Crippen LogP contribution < -0.4 is 25.7 Å². The molecule has 1 aromatic carbocycles. The molecule has 4 rings (SSSR count). The minimum absolute atomic E-state index is 0. The summed E-state index contributed by atoms with van der Waals surface area (Å²) in [4.78, 5) is 36.4. The Bertz CT molecular complexity index is 1410. The molecule has 0 radical (unpaired) electrons. The predicted molar refractivity (Wildman–Crippen MR) is 137 cm³/mol. The molecule has 0 saturated carbocycles. The first-order chi connectivity index (χ1) is 18.0. The average Bonchev–Trinajstić information content (AvgIpc) is 2.86. The van der Waals surface area contributed by atoms with Crippen molar-refractivity contribution in [3.63, 3.8) is 0 Å². The van der Waals surface area contributed by atoms with E-state index in [0.29, 0.717) is 44.4 Å². The van der Waals surface area contributed by atoms with Crippen molar-refractivity contribution in [3.8, 4) is 5.88 Å². The van der Waals surface area contributed by atoms with Crippen LogP contribution in [0.15, 0.2) is 29.2 Å². The molecular weight excluding hydrogens is 574 g/mol. The minimum atomic E-state index is -4.61. The van der Waals surface area contributed by atoms with Crippen LogP contribution in [0.4, 0.5) is 33.3 Å². The number of amides is 1.